The first-order valence-corrected chi connectivity index (χ1v) is 6.83. The molecule has 22 heavy (non-hydrogen) atoms. The van der Waals surface area contributed by atoms with E-state index in [1.807, 2.05) is 24.3 Å². The number of rotatable bonds is 4. The Bertz CT molecular complexity index is 860. The van der Waals surface area contributed by atoms with Gasteiger partial charge in [0.2, 0.25) is 5.88 Å². The normalized spacial score (nSPS) is 10.8. The lowest BCUT2D eigenvalue weighted by Crippen LogP contribution is -2.00. The number of pyridine rings is 1. The molecule has 0 fully saturated rings. The highest BCUT2D eigenvalue weighted by Gasteiger charge is 2.16. The van der Waals surface area contributed by atoms with Crippen molar-refractivity contribution >= 4 is 28.5 Å². The average molecular weight is 318 g/mol. The van der Waals surface area contributed by atoms with Crippen molar-refractivity contribution in [2.75, 3.05) is 7.11 Å². The van der Waals surface area contributed by atoms with Crippen molar-refractivity contribution < 1.29 is 14.6 Å². The molecular formula is C15H12ClN3O3. The number of halogens is 1. The molecule has 3 rings (SSSR count). The van der Waals surface area contributed by atoms with Gasteiger partial charge in [0.15, 0.2) is 0 Å². The molecular weight excluding hydrogens is 306 g/mol. The minimum absolute atomic E-state index is 0.0352. The van der Waals surface area contributed by atoms with E-state index in [4.69, 9.17) is 21.4 Å². The third kappa shape index (κ3) is 2.73. The summed E-state index contributed by atoms with van der Waals surface area (Å²) in [4.78, 5) is 15.3. The van der Waals surface area contributed by atoms with E-state index in [0.717, 1.165) is 16.5 Å². The first-order chi connectivity index (χ1) is 10.6. The molecule has 7 heteroatoms. The number of aromatic nitrogens is 3. The van der Waals surface area contributed by atoms with Crippen molar-refractivity contribution in [3.05, 3.63) is 52.8 Å². The lowest BCUT2D eigenvalue weighted by molar-refractivity contribution is 0.0693. The van der Waals surface area contributed by atoms with Gasteiger partial charge in [-0.25, -0.2) is 4.79 Å². The van der Waals surface area contributed by atoms with E-state index in [0.29, 0.717) is 11.6 Å². The minimum Gasteiger partial charge on any atom is -0.479 e. The highest BCUT2D eigenvalue weighted by molar-refractivity contribution is 6.31. The summed E-state index contributed by atoms with van der Waals surface area (Å²) >= 11 is 5.95. The number of benzene rings is 1. The van der Waals surface area contributed by atoms with Gasteiger partial charge >= 0.3 is 5.97 Å². The summed E-state index contributed by atoms with van der Waals surface area (Å²) in [5, 5.41) is 14.7. The Morgan fingerprint density at radius 3 is 2.91 bits per heavy atom. The summed E-state index contributed by atoms with van der Waals surface area (Å²) in [6.07, 6.45) is 3.04. The molecule has 0 radical (unpaired) electrons. The number of hydrogen-bond acceptors (Lipinski definition) is 4. The Labute approximate surface area is 130 Å². The van der Waals surface area contributed by atoms with Crippen LogP contribution in [0.25, 0.3) is 10.9 Å². The SMILES string of the molecule is COc1nn(Cc2ccc3ncc(Cl)cc3c2)cc1C(=O)O. The third-order valence-electron chi connectivity index (χ3n) is 3.21. The maximum atomic E-state index is 11.1. The monoisotopic (exact) mass is 317 g/mol. The molecule has 0 unspecified atom stereocenters. The highest BCUT2D eigenvalue weighted by atomic mass is 35.5. The molecule has 0 spiro atoms. The Balaban J connectivity index is 1.94. The van der Waals surface area contributed by atoms with Gasteiger partial charge in [-0.05, 0) is 23.8 Å². The molecule has 0 aliphatic rings. The molecule has 2 aromatic heterocycles. The van der Waals surface area contributed by atoms with Gasteiger partial charge in [-0.1, -0.05) is 17.7 Å². The molecule has 0 bridgehead atoms. The predicted octanol–water partition coefficient (Wildman–Crippen LogP) is 2.84. The Morgan fingerprint density at radius 1 is 1.41 bits per heavy atom. The van der Waals surface area contributed by atoms with Crippen molar-refractivity contribution in [2.24, 2.45) is 0 Å². The number of carbonyl (C=O) groups is 1. The minimum atomic E-state index is -1.07. The fraction of sp³-hybridized carbons (Fsp3) is 0.133. The number of fused-ring (bicyclic) bond motifs is 1. The molecule has 0 atom stereocenters. The van der Waals surface area contributed by atoms with E-state index in [2.05, 4.69) is 10.1 Å². The predicted molar refractivity (Wildman–Crippen MR) is 81.6 cm³/mol. The standard InChI is InChI=1S/C15H12ClN3O3/c1-22-14-12(15(20)21)8-19(18-14)7-9-2-3-13-10(4-9)5-11(16)6-17-13/h2-6,8H,7H2,1H3,(H,20,21). The van der Waals surface area contributed by atoms with Crippen molar-refractivity contribution in [1.82, 2.24) is 14.8 Å². The van der Waals surface area contributed by atoms with Gasteiger partial charge in [0.1, 0.15) is 5.56 Å². The third-order valence-corrected chi connectivity index (χ3v) is 3.42. The zero-order chi connectivity index (χ0) is 15.7. The molecule has 1 aromatic carbocycles. The summed E-state index contributed by atoms with van der Waals surface area (Å²) in [5.41, 5.74) is 1.84. The Morgan fingerprint density at radius 2 is 2.23 bits per heavy atom. The van der Waals surface area contributed by atoms with Crippen LogP contribution in [0.4, 0.5) is 0 Å². The number of carboxylic acids is 1. The molecule has 6 nitrogen and oxygen atoms in total. The second-order valence-corrected chi connectivity index (χ2v) is 5.17. The number of nitrogens with zero attached hydrogens (tertiary/aromatic N) is 3. The van der Waals surface area contributed by atoms with Crippen molar-refractivity contribution in [2.45, 2.75) is 6.54 Å². The molecule has 112 valence electrons. The number of ether oxygens (including phenoxy) is 1. The van der Waals surface area contributed by atoms with E-state index in [9.17, 15) is 4.79 Å². The fourth-order valence-corrected chi connectivity index (χ4v) is 2.39. The second kappa shape index (κ2) is 5.65. The van der Waals surface area contributed by atoms with Crippen LogP contribution in [0.2, 0.25) is 5.02 Å². The van der Waals surface area contributed by atoms with Gasteiger partial charge in [0.05, 0.1) is 24.2 Å². The summed E-state index contributed by atoms with van der Waals surface area (Å²) in [6, 6.07) is 7.58. The first kappa shape index (κ1) is 14.3. The van der Waals surface area contributed by atoms with Gasteiger partial charge in [-0.3, -0.25) is 9.67 Å². The summed E-state index contributed by atoms with van der Waals surface area (Å²) < 4.78 is 6.50. The number of aromatic carboxylic acids is 1. The van der Waals surface area contributed by atoms with Gasteiger partial charge in [-0.2, -0.15) is 0 Å². The zero-order valence-electron chi connectivity index (χ0n) is 11.7. The van der Waals surface area contributed by atoms with Crippen LogP contribution in [0.3, 0.4) is 0 Å². The fourth-order valence-electron chi connectivity index (χ4n) is 2.22. The molecule has 0 amide bonds. The van der Waals surface area contributed by atoms with Gasteiger partial charge < -0.3 is 9.84 Å². The van der Waals surface area contributed by atoms with E-state index in [-0.39, 0.29) is 11.4 Å². The first-order valence-electron chi connectivity index (χ1n) is 6.46. The Kier molecular flexibility index (Phi) is 3.68. The van der Waals surface area contributed by atoms with Crippen LogP contribution in [0.1, 0.15) is 15.9 Å². The maximum Gasteiger partial charge on any atom is 0.342 e. The summed E-state index contributed by atoms with van der Waals surface area (Å²) in [5.74, 6) is -0.976. The average Bonchev–Trinajstić information content (AvgIpc) is 2.90. The largest absolute Gasteiger partial charge is 0.479 e. The van der Waals surface area contributed by atoms with E-state index >= 15 is 0 Å². The van der Waals surface area contributed by atoms with Gasteiger partial charge in [-0.15, -0.1) is 5.10 Å². The topological polar surface area (TPSA) is 77.2 Å². The molecule has 0 aliphatic heterocycles. The van der Waals surface area contributed by atoms with Gasteiger partial charge in [0.25, 0.3) is 0 Å². The Hall–Kier alpha value is -2.60. The van der Waals surface area contributed by atoms with Crippen LogP contribution in [-0.4, -0.2) is 33.0 Å². The lowest BCUT2D eigenvalue weighted by atomic mass is 10.1. The molecule has 0 saturated heterocycles. The van der Waals surface area contributed by atoms with E-state index in [1.54, 1.807) is 6.20 Å². The van der Waals surface area contributed by atoms with E-state index < -0.39 is 5.97 Å². The van der Waals surface area contributed by atoms with Crippen LogP contribution in [0, 0.1) is 0 Å². The maximum absolute atomic E-state index is 11.1. The molecule has 2 heterocycles. The van der Waals surface area contributed by atoms with Crippen LogP contribution in [0.15, 0.2) is 36.7 Å². The molecule has 3 aromatic rings. The summed E-state index contributed by atoms with van der Waals surface area (Å²) in [7, 11) is 1.39. The molecule has 0 saturated carbocycles. The number of methoxy groups -OCH3 is 1. The second-order valence-electron chi connectivity index (χ2n) is 4.74. The van der Waals surface area contributed by atoms with Crippen LogP contribution in [-0.2, 0) is 6.54 Å². The highest BCUT2D eigenvalue weighted by Crippen LogP contribution is 2.20. The van der Waals surface area contributed by atoms with Crippen LogP contribution >= 0.6 is 11.6 Å². The van der Waals surface area contributed by atoms with Crippen molar-refractivity contribution in [3.8, 4) is 5.88 Å². The van der Waals surface area contributed by atoms with E-state index in [1.165, 1.54) is 18.0 Å². The van der Waals surface area contributed by atoms with Gasteiger partial charge in [0, 0.05) is 17.8 Å². The summed E-state index contributed by atoms with van der Waals surface area (Å²) in [6.45, 7) is 0.423. The van der Waals surface area contributed by atoms with Crippen LogP contribution < -0.4 is 4.74 Å². The molecule has 1 N–H and O–H groups in total. The quantitative estimate of drug-likeness (QED) is 0.800. The molecule has 0 aliphatic carbocycles. The zero-order valence-corrected chi connectivity index (χ0v) is 12.4. The number of carboxylic acid groups (broad SMARTS) is 1. The lowest BCUT2D eigenvalue weighted by Gasteiger charge is -2.04. The van der Waals surface area contributed by atoms with Crippen molar-refractivity contribution in [1.29, 1.82) is 0 Å². The smallest absolute Gasteiger partial charge is 0.342 e. The number of hydrogen-bond donors (Lipinski definition) is 1. The van der Waals surface area contributed by atoms with Crippen molar-refractivity contribution in [3.63, 3.8) is 0 Å². The van der Waals surface area contributed by atoms with Crippen LogP contribution in [0.5, 0.6) is 5.88 Å².